The minimum absolute atomic E-state index is 0.500. The quantitative estimate of drug-likeness (QED) is 0.134. The minimum atomic E-state index is -1.81. The van der Waals surface area contributed by atoms with Crippen LogP contribution in [0.5, 0.6) is 0 Å². The van der Waals surface area contributed by atoms with Gasteiger partial charge >= 0.3 is 0 Å². The number of benzene rings is 3. The molecule has 3 rings (SSSR count). The monoisotopic (exact) mass is 510 g/mol. The van der Waals surface area contributed by atoms with Crippen LogP contribution in [0.1, 0.15) is 40.5 Å². The van der Waals surface area contributed by atoms with Crippen LogP contribution in [0, 0.1) is 0 Å². The van der Waals surface area contributed by atoms with Gasteiger partial charge in [0.05, 0.1) is 6.16 Å². The van der Waals surface area contributed by atoms with Crippen molar-refractivity contribution in [1.29, 1.82) is 0 Å². The summed E-state index contributed by atoms with van der Waals surface area (Å²) in [5.74, 6) is 0. The first kappa shape index (κ1) is 29.7. The second-order valence-electron chi connectivity index (χ2n) is 9.24. The van der Waals surface area contributed by atoms with Crippen molar-refractivity contribution in [3.63, 3.8) is 0 Å². The average Bonchev–Trinajstić information content (AvgIpc) is 2.91. The number of hydrogen-bond acceptors (Lipinski definition) is 2. The summed E-state index contributed by atoms with van der Waals surface area (Å²) in [6.45, 7) is 8.27. The van der Waals surface area contributed by atoms with Gasteiger partial charge in [0.1, 0.15) is 23.2 Å². The molecule has 0 spiro atoms. The van der Waals surface area contributed by atoms with Crippen LogP contribution in [0.2, 0.25) is 0 Å². The van der Waals surface area contributed by atoms with Gasteiger partial charge in [-0.05, 0) is 83.0 Å². The molecule has 3 aromatic rings. The Bertz CT molecular complexity index is 1090. The number of rotatable bonds is 10. The summed E-state index contributed by atoms with van der Waals surface area (Å²) in [5.41, 5.74) is 4.12. The van der Waals surface area contributed by atoms with E-state index in [-0.39, 0.29) is 0 Å². The SMILES string of the molecule is CC(C)=CCCC(C)=CC=CC(C)=CC[P+](c1ccccc1)(c1ccccc1)c1ccccc1.O=C[O-]. The fourth-order valence-corrected chi connectivity index (χ4v) is 8.33. The van der Waals surface area contributed by atoms with Crippen molar-refractivity contribution in [2.24, 2.45) is 0 Å². The molecule has 0 saturated heterocycles. The van der Waals surface area contributed by atoms with E-state index in [9.17, 15) is 0 Å². The Morgan fingerprint density at radius 1 is 0.730 bits per heavy atom. The molecule has 192 valence electrons. The largest absolute Gasteiger partial charge is 0.554 e. The lowest BCUT2D eigenvalue weighted by atomic mass is 10.1. The first-order chi connectivity index (χ1) is 17.9. The Morgan fingerprint density at radius 2 is 1.16 bits per heavy atom. The number of carbonyl (C=O) groups excluding carboxylic acids is 1. The molecule has 0 unspecified atom stereocenters. The maximum atomic E-state index is 8.25. The molecule has 0 aliphatic rings. The lowest BCUT2D eigenvalue weighted by Crippen LogP contribution is -2.33. The highest BCUT2D eigenvalue weighted by atomic mass is 31.2. The molecule has 0 saturated carbocycles. The molecule has 0 N–H and O–H groups in total. The number of carbonyl (C=O) groups is 1. The maximum Gasteiger partial charge on any atom is 0.115 e. The Balaban J connectivity index is 0.00000153. The van der Waals surface area contributed by atoms with Gasteiger partial charge in [-0.3, -0.25) is 0 Å². The van der Waals surface area contributed by atoms with Gasteiger partial charge in [0.2, 0.25) is 0 Å². The second-order valence-corrected chi connectivity index (χ2v) is 12.8. The summed E-state index contributed by atoms with van der Waals surface area (Å²) >= 11 is 0. The lowest BCUT2D eigenvalue weighted by Gasteiger charge is -2.26. The first-order valence-electron chi connectivity index (χ1n) is 12.7. The molecule has 0 aromatic heterocycles. The highest BCUT2D eigenvalue weighted by molar-refractivity contribution is 7.95. The summed E-state index contributed by atoms with van der Waals surface area (Å²) in [6, 6.07) is 33.3. The topological polar surface area (TPSA) is 40.1 Å². The molecular formula is C34H39O2P. The van der Waals surface area contributed by atoms with Crippen molar-refractivity contribution in [3.8, 4) is 0 Å². The smallest absolute Gasteiger partial charge is 0.115 e. The Labute approximate surface area is 224 Å². The van der Waals surface area contributed by atoms with Crippen LogP contribution in [0.15, 0.2) is 138 Å². The molecule has 3 heteroatoms. The summed E-state index contributed by atoms with van der Waals surface area (Å²) < 4.78 is 0. The molecule has 2 nitrogen and oxygen atoms in total. The van der Waals surface area contributed by atoms with Crippen molar-refractivity contribution in [1.82, 2.24) is 0 Å². The van der Waals surface area contributed by atoms with Gasteiger partial charge in [-0.25, -0.2) is 0 Å². The number of allylic oxidation sites excluding steroid dienone is 8. The van der Waals surface area contributed by atoms with Gasteiger partial charge in [0, 0.05) is 6.47 Å². The minimum Gasteiger partial charge on any atom is -0.554 e. The van der Waals surface area contributed by atoms with Crippen molar-refractivity contribution in [3.05, 3.63) is 138 Å². The van der Waals surface area contributed by atoms with E-state index in [4.69, 9.17) is 9.90 Å². The van der Waals surface area contributed by atoms with E-state index < -0.39 is 13.7 Å². The molecule has 0 fully saturated rings. The maximum absolute atomic E-state index is 8.25. The van der Waals surface area contributed by atoms with Crippen LogP contribution in [0.4, 0.5) is 0 Å². The van der Waals surface area contributed by atoms with Gasteiger partial charge < -0.3 is 9.90 Å². The van der Waals surface area contributed by atoms with E-state index in [1.165, 1.54) is 32.6 Å². The third-order valence-corrected chi connectivity index (χ3v) is 10.4. The van der Waals surface area contributed by atoms with E-state index in [2.05, 4.69) is 149 Å². The predicted octanol–water partition coefficient (Wildman–Crippen LogP) is 6.54. The number of carboxylic acid groups (broad SMARTS) is 1. The van der Waals surface area contributed by atoms with Crippen molar-refractivity contribution in [2.45, 2.75) is 40.5 Å². The van der Waals surface area contributed by atoms with Crippen molar-refractivity contribution in [2.75, 3.05) is 6.16 Å². The number of hydrogen-bond donors (Lipinski definition) is 0. The zero-order chi connectivity index (χ0) is 26.9. The molecule has 0 amide bonds. The molecule has 3 aromatic carbocycles. The third-order valence-electron chi connectivity index (χ3n) is 6.11. The van der Waals surface area contributed by atoms with Gasteiger partial charge in [0.25, 0.3) is 0 Å². The Kier molecular flexibility index (Phi) is 13.1. The molecule has 0 heterocycles. The first-order valence-corrected chi connectivity index (χ1v) is 14.7. The second kappa shape index (κ2) is 16.3. The highest BCUT2D eigenvalue weighted by Gasteiger charge is 2.44. The molecular weight excluding hydrogens is 471 g/mol. The van der Waals surface area contributed by atoms with Gasteiger partial charge in [-0.1, -0.05) is 95.6 Å². The summed E-state index contributed by atoms with van der Waals surface area (Å²) in [7, 11) is -1.81. The fraction of sp³-hybridized carbons (Fsp3) is 0.206. The van der Waals surface area contributed by atoms with E-state index in [0.29, 0.717) is 0 Å². The normalized spacial score (nSPS) is 12.0. The molecule has 0 aliphatic carbocycles. The van der Waals surface area contributed by atoms with E-state index in [1.54, 1.807) is 0 Å². The molecule has 0 aliphatic heterocycles. The van der Waals surface area contributed by atoms with Crippen LogP contribution in [0.3, 0.4) is 0 Å². The van der Waals surface area contributed by atoms with Gasteiger partial charge in [0.15, 0.2) is 0 Å². The Hall–Kier alpha value is -3.48. The van der Waals surface area contributed by atoms with Crippen LogP contribution < -0.4 is 21.0 Å². The van der Waals surface area contributed by atoms with Crippen LogP contribution in [-0.4, -0.2) is 12.6 Å². The molecule has 0 atom stereocenters. The van der Waals surface area contributed by atoms with Crippen molar-refractivity contribution >= 4 is 29.6 Å². The summed E-state index contributed by atoms with van der Waals surface area (Å²) in [5, 5.41) is 12.5. The van der Waals surface area contributed by atoms with E-state index in [0.717, 1.165) is 19.0 Å². The highest BCUT2D eigenvalue weighted by Crippen LogP contribution is 2.55. The van der Waals surface area contributed by atoms with Crippen LogP contribution in [0.25, 0.3) is 0 Å². The zero-order valence-electron chi connectivity index (χ0n) is 22.5. The molecule has 37 heavy (non-hydrogen) atoms. The van der Waals surface area contributed by atoms with Crippen LogP contribution >= 0.6 is 7.26 Å². The molecule has 0 bridgehead atoms. The standard InChI is InChI=1S/C33H38P.CH2O2/c1-28(2)16-14-17-29(3)18-15-19-30(4)26-27-34(31-20-8-5-9-21-31,32-22-10-6-11-23-32)33-24-12-7-13-25-33;2-1-3/h5-13,15-16,18-26H,14,17,27H2,1-4H3;1H,(H,2,3)/q+1;/p-1. The average molecular weight is 511 g/mol. The fourth-order valence-electron chi connectivity index (χ4n) is 4.20. The van der Waals surface area contributed by atoms with Crippen LogP contribution in [-0.2, 0) is 4.79 Å². The summed E-state index contributed by atoms with van der Waals surface area (Å²) in [4.78, 5) is 8.25. The predicted molar refractivity (Wildman–Crippen MR) is 161 cm³/mol. The van der Waals surface area contributed by atoms with E-state index >= 15 is 0 Å². The van der Waals surface area contributed by atoms with Gasteiger partial charge in [-0.2, -0.15) is 0 Å². The van der Waals surface area contributed by atoms with E-state index in [1.807, 2.05) is 0 Å². The summed E-state index contributed by atoms with van der Waals surface area (Å²) in [6.07, 6.45) is 14.7. The van der Waals surface area contributed by atoms with Crippen molar-refractivity contribution < 1.29 is 9.90 Å². The van der Waals surface area contributed by atoms with Gasteiger partial charge in [-0.15, -0.1) is 0 Å². The third kappa shape index (κ3) is 9.48. The Morgan fingerprint density at radius 3 is 1.57 bits per heavy atom. The lowest BCUT2D eigenvalue weighted by molar-refractivity contribution is -0.283. The zero-order valence-corrected chi connectivity index (χ0v) is 23.4. The molecule has 0 radical (unpaired) electrons.